The molecule has 2 N–H and O–H groups in total. The Kier molecular flexibility index (Phi) is 9.70. The molecule has 0 aromatic heterocycles. The Morgan fingerprint density at radius 2 is 1.26 bits per heavy atom. The molecule has 2 aromatic rings. The summed E-state index contributed by atoms with van der Waals surface area (Å²) >= 11 is 0. The van der Waals surface area contributed by atoms with Gasteiger partial charge in [0, 0.05) is 13.2 Å². The first kappa shape index (κ1) is 23.6. The number of aryl methyl sites for hydroxylation is 1. The Balaban J connectivity index is 1.47. The zero-order valence-electron chi connectivity index (χ0n) is 18.9. The van der Waals surface area contributed by atoms with Gasteiger partial charge in [-0.05, 0) is 105 Å². The highest BCUT2D eigenvalue weighted by molar-refractivity contribution is 5.38. The van der Waals surface area contributed by atoms with E-state index in [0.717, 1.165) is 37.2 Å². The van der Waals surface area contributed by atoms with Gasteiger partial charge in [-0.2, -0.15) is 0 Å². The van der Waals surface area contributed by atoms with Gasteiger partial charge in [0.05, 0.1) is 13.2 Å². The van der Waals surface area contributed by atoms with Crippen LogP contribution in [0.25, 0.3) is 0 Å². The molecular formula is C27H38O4. The summed E-state index contributed by atoms with van der Waals surface area (Å²) in [4.78, 5) is 0. The molecule has 0 saturated heterocycles. The van der Waals surface area contributed by atoms with Crippen molar-refractivity contribution in [3.63, 3.8) is 0 Å². The van der Waals surface area contributed by atoms with Gasteiger partial charge in [-0.1, -0.05) is 24.3 Å². The Morgan fingerprint density at radius 3 is 1.84 bits per heavy atom. The lowest BCUT2D eigenvalue weighted by molar-refractivity contribution is 0.252. The summed E-state index contributed by atoms with van der Waals surface area (Å²) in [6, 6.07) is 15.3. The van der Waals surface area contributed by atoms with Crippen molar-refractivity contribution in [1.29, 1.82) is 0 Å². The number of unbranched alkanes of at least 4 members (excludes halogenated alkanes) is 2. The molecule has 31 heavy (non-hydrogen) atoms. The van der Waals surface area contributed by atoms with Crippen molar-refractivity contribution in [2.24, 2.45) is 0 Å². The van der Waals surface area contributed by atoms with Gasteiger partial charge in [-0.15, -0.1) is 0 Å². The second-order valence-corrected chi connectivity index (χ2v) is 8.70. The molecule has 0 spiro atoms. The van der Waals surface area contributed by atoms with Gasteiger partial charge in [-0.25, -0.2) is 0 Å². The molecule has 4 nitrogen and oxygen atoms in total. The van der Waals surface area contributed by atoms with E-state index in [9.17, 15) is 0 Å². The van der Waals surface area contributed by atoms with Crippen LogP contribution in [0.15, 0.2) is 42.5 Å². The van der Waals surface area contributed by atoms with Crippen LogP contribution in [-0.4, -0.2) is 36.6 Å². The summed E-state index contributed by atoms with van der Waals surface area (Å²) in [6.07, 6.45) is 8.25. The SMILES string of the molecule is Cc1cc(C2CCC(c3ccc(OCCCCO)cc3)CC2)ccc1OCCCCO. The third-order valence-corrected chi connectivity index (χ3v) is 6.38. The highest BCUT2D eigenvalue weighted by atomic mass is 16.5. The van der Waals surface area contributed by atoms with E-state index in [1.807, 2.05) is 0 Å². The number of hydrogen-bond donors (Lipinski definition) is 2. The van der Waals surface area contributed by atoms with Crippen LogP contribution in [-0.2, 0) is 0 Å². The minimum Gasteiger partial charge on any atom is -0.494 e. The van der Waals surface area contributed by atoms with Crippen molar-refractivity contribution in [2.75, 3.05) is 26.4 Å². The number of rotatable bonds is 12. The molecule has 0 amide bonds. The van der Waals surface area contributed by atoms with E-state index in [-0.39, 0.29) is 13.2 Å². The zero-order chi connectivity index (χ0) is 21.9. The molecule has 0 heterocycles. The smallest absolute Gasteiger partial charge is 0.122 e. The van der Waals surface area contributed by atoms with E-state index in [4.69, 9.17) is 19.7 Å². The van der Waals surface area contributed by atoms with Gasteiger partial charge in [0.25, 0.3) is 0 Å². The third kappa shape index (κ3) is 7.26. The maximum absolute atomic E-state index is 8.88. The predicted molar refractivity (Wildman–Crippen MR) is 125 cm³/mol. The number of benzene rings is 2. The van der Waals surface area contributed by atoms with Crippen molar-refractivity contribution in [1.82, 2.24) is 0 Å². The summed E-state index contributed by atoms with van der Waals surface area (Å²) in [6.45, 7) is 3.92. The van der Waals surface area contributed by atoms with Crippen LogP contribution in [0.3, 0.4) is 0 Å². The van der Waals surface area contributed by atoms with Gasteiger partial charge < -0.3 is 19.7 Å². The molecule has 1 aliphatic carbocycles. The first-order valence-electron chi connectivity index (χ1n) is 11.9. The lowest BCUT2D eigenvalue weighted by atomic mass is 9.76. The molecule has 170 valence electrons. The van der Waals surface area contributed by atoms with E-state index in [2.05, 4.69) is 49.4 Å². The van der Waals surface area contributed by atoms with Crippen LogP contribution in [0.1, 0.15) is 79.9 Å². The van der Waals surface area contributed by atoms with Gasteiger partial charge >= 0.3 is 0 Å². The molecule has 0 radical (unpaired) electrons. The number of aliphatic hydroxyl groups excluding tert-OH is 2. The summed E-state index contributed by atoms with van der Waals surface area (Å²) in [5.74, 6) is 3.15. The number of hydrogen-bond acceptors (Lipinski definition) is 4. The number of aliphatic hydroxyl groups is 2. The van der Waals surface area contributed by atoms with E-state index in [1.165, 1.54) is 42.4 Å². The quantitative estimate of drug-likeness (QED) is 0.425. The van der Waals surface area contributed by atoms with Crippen molar-refractivity contribution in [3.05, 3.63) is 59.2 Å². The maximum Gasteiger partial charge on any atom is 0.122 e. The van der Waals surface area contributed by atoms with Crippen LogP contribution in [0, 0.1) is 6.92 Å². The van der Waals surface area contributed by atoms with E-state index in [0.29, 0.717) is 25.0 Å². The summed E-state index contributed by atoms with van der Waals surface area (Å²) in [5.41, 5.74) is 4.06. The van der Waals surface area contributed by atoms with Gasteiger partial charge in [0.1, 0.15) is 11.5 Å². The maximum atomic E-state index is 8.88. The van der Waals surface area contributed by atoms with Gasteiger partial charge in [0.15, 0.2) is 0 Å². The Bertz CT molecular complexity index is 763. The Labute approximate surface area is 187 Å². The Morgan fingerprint density at radius 1 is 0.710 bits per heavy atom. The summed E-state index contributed by atoms with van der Waals surface area (Å²) < 4.78 is 11.6. The van der Waals surface area contributed by atoms with E-state index < -0.39 is 0 Å². The number of ether oxygens (including phenoxy) is 2. The standard InChI is InChI=1S/C27H38O4/c1-21-20-25(12-15-27(21)31-19-5-3-17-29)24-8-6-22(7-9-24)23-10-13-26(14-11-23)30-18-4-2-16-28/h10-15,20,22,24,28-29H,2-9,16-19H2,1H3. The minimum absolute atomic E-state index is 0.229. The molecule has 4 heteroatoms. The largest absolute Gasteiger partial charge is 0.494 e. The van der Waals surface area contributed by atoms with Crippen molar-refractivity contribution in [2.45, 2.75) is 70.1 Å². The third-order valence-electron chi connectivity index (χ3n) is 6.38. The molecule has 2 aromatic carbocycles. The molecule has 1 aliphatic rings. The summed E-state index contributed by atoms with van der Waals surface area (Å²) in [5, 5.41) is 17.7. The first-order valence-corrected chi connectivity index (χ1v) is 11.9. The molecule has 3 rings (SSSR count). The fraction of sp³-hybridized carbons (Fsp3) is 0.556. The molecule has 0 aliphatic heterocycles. The lowest BCUT2D eigenvalue weighted by Crippen LogP contribution is -2.12. The highest BCUT2D eigenvalue weighted by Gasteiger charge is 2.24. The van der Waals surface area contributed by atoms with Gasteiger partial charge in [0.2, 0.25) is 0 Å². The van der Waals surface area contributed by atoms with Crippen molar-refractivity contribution < 1.29 is 19.7 Å². The second-order valence-electron chi connectivity index (χ2n) is 8.70. The van der Waals surface area contributed by atoms with E-state index in [1.54, 1.807) is 0 Å². The second kappa shape index (κ2) is 12.7. The van der Waals surface area contributed by atoms with Crippen LogP contribution in [0.4, 0.5) is 0 Å². The predicted octanol–water partition coefficient (Wildman–Crippen LogP) is 5.74. The molecule has 1 fully saturated rings. The highest BCUT2D eigenvalue weighted by Crippen LogP contribution is 2.41. The first-order chi connectivity index (χ1) is 15.2. The summed E-state index contributed by atoms with van der Waals surface area (Å²) in [7, 11) is 0. The minimum atomic E-state index is 0.229. The molecule has 1 saturated carbocycles. The molecule has 0 atom stereocenters. The monoisotopic (exact) mass is 426 g/mol. The van der Waals surface area contributed by atoms with Gasteiger partial charge in [-0.3, -0.25) is 0 Å². The van der Waals surface area contributed by atoms with Crippen LogP contribution < -0.4 is 9.47 Å². The molecule has 0 bridgehead atoms. The zero-order valence-corrected chi connectivity index (χ0v) is 18.9. The topological polar surface area (TPSA) is 58.9 Å². The Hall–Kier alpha value is -2.04. The van der Waals surface area contributed by atoms with Crippen LogP contribution in [0.5, 0.6) is 11.5 Å². The fourth-order valence-electron chi connectivity index (χ4n) is 4.48. The van der Waals surface area contributed by atoms with E-state index >= 15 is 0 Å². The average molecular weight is 427 g/mol. The molecule has 0 unspecified atom stereocenters. The molecular weight excluding hydrogens is 388 g/mol. The fourth-order valence-corrected chi connectivity index (χ4v) is 4.48. The lowest BCUT2D eigenvalue weighted by Gasteiger charge is -2.29. The average Bonchev–Trinajstić information content (AvgIpc) is 2.81. The normalized spacial score (nSPS) is 18.7. The van der Waals surface area contributed by atoms with Crippen molar-refractivity contribution >= 4 is 0 Å². The van der Waals surface area contributed by atoms with Crippen LogP contribution in [0.2, 0.25) is 0 Å². The van der Waals surface area contributed by atoms with Crippen molar-refractivity contribution in [3.8, 4) is 11.5 Å². The van der Waals surface area contributed by atoms with Crippen LogP contribution >= 0.6 is 0 Å².